The first-order valence-electron chi connectivity index (χ1n) is 7.79. The molecule has 1 fully saturated rings. The number of rotatable bonds is 6. The van der Waals surface area contributed by atoms with Crippen molar-refractivity contribution >= 4 is 11.6 Å². The fourth-order valence-corrected chi connectivity index (χ4v) is 2.87. The highest BCUT2D eigenvalue weighted by molar-refractivity contribution is 5.91. The number of nitro benzene ring substituents is 1. The maximum Gasteiger partial charge on any atom is 0.269 e. The van der Waals surface area contributed by atoms with Gasteiger partial charge in [-0.2, -0.15) is 0 Å². The van der Waals surface area contributed by atoms with Crippen molar-refractivity contribution in [1.29, 1.82) is 0 Å². The quantitative estimate of drug-likeness (QED) is 0.654. The number of halogens is 1. The second kappa shape index (κ2) is 6.39. The van der Waals surface area contributed by atoms with Gasteiger partial charge in [-0.1, -0.05) is 30.3 Å². The number of nitrogens with zero attached hydrogens (tertiary/aromatic N) is 1. The number of hydrogen-bond acceptors (Lipinski definition) is 3. The molecule has 0 atom stereocenters. The predicted molar refractivity (Wildman–Crippen MR) is 87.1 cm³/mol. The molecule has 3 rings (SSSR count). The average Bonchev–Trinajstić information content (AvgIpc) is 3.37. The van der Waals surface area contributed by atoms with Gasteiger partial charge >= 0.3 is 0 Å². The Bertz CT molecular complexity index is 770. The number of carbonyl (C=O) groups excluding carboxylic acids is 1. The van der Waals surface area contributed by atoms with Gasteiger partial charge in [-0.3, -0.25) is 14.9 Å². The molecule has 1 amide bonds. The largest absolute Gasteiger partial charge is 0.355 e. The minimum Gasteiger partial charge on any atom is -0.355 e. The number of carbonyl (C=O) groups is 1. The van der Waals surface area contributed by atoms with Crippen LogP contribution in [0.5, 0.6) is 0 Å². The summed E-state index contributed by atoms with van der Waals surface area (Å²) >= 11 is 0. The summed E-state index contributed by atoms with van der Waals surface area (Å²) in [6.45, 7) is 0.410. The normalized spacial score (nSPS) is 14.9. The van der Waals surface area contributed by atoms with Crippen molar-refractivity contribution in [3.8, 4) is 0 Å². The van der Waals surface area contributed by atoms with Gasteiger partial charge in [0.05, 0.1) is 10.3 Å². The molecule has 0 unspecified atom stereocenters. The molecule has 0 aromatic heterocycles. The molecule has 1 aliphatic carbocycles. The monoisotopic (exact) mass is 328 g/mol. The number of nitro groups is 1. The highest BCUT2D eigenvalue weighted by Gasteiger charge is 2.52. The van der Waals surface area contributed by atoms with Gasteiger partial charge in [0, 0.05) is 24.2 Å². The summed E-state index contributed by atoms with van der Waals surface area (Å²) in [5.41, 5.74) is 0.662. The molecule has 1 N–H and O–H groups in total. The van der Waals surface area contributed by atoms with Gasteiger partial charge in [0.1, 0.15) is 5.82 Å². The summed E-state index contributed by atoms with van der Waals surface area (Å²) in [6, 6.07) is 12.6. The SMILES string of the molecule is O=C(NCCc1ccc([N+](=O)[O-])cc1)C1(c2ccccc2F)CC1. The van der Waals surface area contributed by atoms with Crippen LogP contribution in [0.15, 0.2) is 48.5 Å². The molecule has 0 radical (unpaired) electrons. The van der Waals surface area contributed by atoms with E-state index in [2.05, 4.69) is 5.32 Å². The molecule has 0 heterocycles. The van der Waals surface area contributed by atoms with E-state index in [0.29, 0.717) is 31.4 Å². The fourth-order valence-electron chi connectivity index (χ4n) is 2.87. The van der Waals surface area contributed by atoms with Crippen molar-refractivity contribution in [3.63, 3.8) is 0 Å². The van der Waals surface area contributed by atoms with Crippen LogP contribution < -0.4 is 5.32 Å². The Morgan fingerprint density at radius 2 is 1.83 bits per heavy atom. The average molecular weight is 328 g/mol. The van der Waals surface area contributed by atoms with Crippen molar-refractivity contribution < 1.29 is 14.1 Å². The summed E-state index contributed by atoms with van der Waals surface area (Å²) in [7, 11) is 0. The molecule has 2 aromatic carbocycles. The van der Waals surface area contributed by atoms with Crippen LogP contribution in [0.25, 0.3) is 0 Å². The molecule has 1 saturated carbocycles. The van der Waals surface area contributed by atoms with Crippen LogP contribution in [-0.4, -0.2) is 17.4 Å². The molecule has 0 spiro atoms. The minimum atomic E-state index is -0.735. The zero-order valence-corrected chi connectivity index (χ0v) is 13.0. The van der Waals surface area contributed by atoms with Crippen LogP contribution in [0.2, 0.25) is 0 Å². The second-order valence-corrected chi connectivity index (χ2v) is 5.99. The molecule has 0 saturated heterocycles. The summed E-state index contributed by atoms with van der Waals surface area (Å²) < 4.78 is 13.9. The molecule has 0 bridgehead atoms. The van der Waals surface area contributed by atoms with Crippen molar-refractivity contribution in [2.75, 3.05) is 6.54 Å². The van der Waals surface area contributed by atoms with Crippen molar-refractivity contribution in [3.05, 3.63) is 75.6 Å². The van der Waals surface area contributed by atoms with Crippen LogP contribution in [0.4, 0.5) is 10.1 Å². The lowest BCUT2D eigenvalue weighted by molar-refractivity contribution is -0.384. The molecule has 124 valence electrons. The molecule has 2 aromatic rings. The van der Waals surface area contributed by atoms with Gasteiger partial charge in [0.25, 0.3) is 5.69 Å². The topological polar surface area (TPSA) is 72.2 Å². The van der Waals surface area contributed by atoms with E-state index in [9.17, 15) is 19.3 Å². The van der Waals surface area contributed by atoms with E-state index >= 15 is 0 Å². The third-order valence-electron chi connectivity index (χ3n) is 4.42. The van der Waals surface area contributed by atoms with E-state index in [4.69, 9.17) is 0 Å². The van der Waals surface area contributed by atoms with Gasteiger partial charge in [0.15, 0.2) is 0 Å². The Labute approximate surface area is 138 Å². The lowest BCUT2D eigenvalue weighted by atomic mass is 9.94. The summed E-state index contributed by atoms with van der Waals surface area (Å²) in [6.07, 6.45) is 1.87. The Hall–Kier alpha value is -2.76. The lowest BCUT2D eigenvalue weighted by Crippen LogP contribution is -2.36. The van der Waals surface area contributed by atoms with E-state index in [1.54, 1.807) is 30.3 Å². The molecule has 0 aliphatic heterocycles. The van der Waals surface area contributed by atoms with E-state index < -0.39 is 10.3 Å². The predicted octanol–water partition coefficient (Wildman–Crippen LogP) is 3.12. The van der Waals surface area contributed by atoms with Crippen molar-refractivity contribution in [2.24, 2.45) is 0 Å². The van der Waals surface area contributed by atoms with Crippen molar-refractivity contribution in [1.82, 2.24) is 5.32 Å². The molecule has 24 heavy (non-hydrogen) atoms. The first-order chi connectivity index (χ1) is 11.5. The number of hydrogen-bond donors (Lipinski definition) is 1. The number of benzene rings is 2. The summed E-state index contributed by atoms with van der Waals surface area (Å²) in [5, 5.41) is 13.5. The molecule has 6 heteroatoms. The highest BCUT2D eigenvalue weighted by Crippen LogP contribution is 2.49. The first-order valence-corrected chi connectivity index (χ1v) is 7.79. The molecular formula is C18H17FN2O3. The summed E-state index contributed by atoms with van der Waals surface area (Å²) in [4.78, 5) is 22.6. The Balaban J connectivity index is 1.58. The van der Waals surface area contributed by atoms with Crippen LogP contribution in [0.3, 0.4) is 0 Å². The number of nitrogens with one attached hydrogen (secondary N) is 1. The Morgan fingerprint density at radius 3 is 2.42 bits per heavy atom. The second-order valence-electron chi connectivity index (χ2n) is 5.99. The van der Waals surface area contributed by atoms with Gasteiger partial charge in [0.2, 0.25) is 5.91 Å². The van der Waals surface area contributed by atoms with E-state index in [1.165, 1.54) is 18.2 Å². The zero-order valence-electron chi connectivity index (χ0n) is 13.0. The van der Waals surface area contributed by atoms with E-state index in [0.717, 1.165) is 5.56 Å². The van der Waals surface area contributed by atoms with Crippen LogP contribution in [-0.2, 0) is 16.6 Å². The Morgan fingerprint density at radius 1 is 1.17 bits per heavy atom. The van der Waals surface area contributed by atoms with Gasteiger partial charge in [-0.15, -0.1) is 0 Å². The standard InChI is InChI=1S/C18H17FN2O3/c19-16-4-2-1-3-15(16)18(10-11-18)17(22)20-12-9-13-5-7-14(8-6-13)21(23)24/h1-8H,9-12H2,(H,20,22). The third-order valence-corrected chi connectivity index (χ3v) is 4.42. The minimum absolute atomic E-state index is 0.0410. The molecule has 1 aliphatic rings. The number of amides is 1. The van der Waals surface area contributed by atoms with E-state index in [1.807, 2.05) is 0 Å². The maximum absolute atomic E-state index is 13.9. The van der Waals surface area contributed by atoms with Crippen molar-refractivity contribution in [2.45, 2.75) is 24.7 Å². The molecular weight excluding hydrogens is 311 g/mol. The first kappa shape index (κ1) is 16.1. The van der Waals surface area contributed by atoms with Crippen LogP contribution >= 0.6 is 0 Å². The fraction of sp³-hybridized carbons (Fsp3) is 0.278. The highest BCUT2D eigenvalue weighted by atomic mass is 19.1. The number of non-ortho nitro benzene ring substituents is 1. The van der Waals surface area contributed by atoms with Gasteiger partial charge < -0.3 is 5.32 Å². The third kappa shape index (κ3) is 3.13. The lowest BCUT2D eigenvalue weighted by Gasteiger charge is -2.16. The smallest absolute Gasteiger partial charge is 0.269 e. The van der Waals surface area contributed by atoms with Crippen LogP contribution in [0.1, 0.15) is 24.0 Å². The zero-order chi connectivity index (χ0) is 17.2. The van der Waals surface area contributed by atoms with Crippen LogP contribution in [0, 0.1) is 15.9 Å². The summed E-state index contributed by atoms with van der Waals surface area (Å²) in [5.74, 6) is -0.505. The van der Waals surface area contributed by atoms with Gasteiger partial charge in [-0.05, 0) is 30.9 Å². The maximum atomic E-state index is 13.9. The molecule has 5 nitrogen and oxygen atoms in total. The van der Waals surface area contributed by atoms with E-state index in [-0.39, 0.29) is 17.4 Å². The Kier molecular flexibility index (Phi) is 4.29. The van der Waals surface area contributed by atoms with Gasteiger partial charge in [-0.25, -0.2) is 4.39 Å².